The standard InChI is InChI=1S/C4H8OS2/c6-4(7)3-1-5-2-3/h3-4,6-7H,1-2H2. The topological polar surface area (TPSA) is 9.23 Å². The molecule has 0 saturated carbocycles. The van der Waals surface area contributed by atoms with E-state index < -0.39 is 0 Å². The van der Waals surface area contributed by atoms with E-state index in [1.807, 2.05) is 0 Å². The molecule has 1 nitrogen and oxygen atoms in total. The van der Waals surface area contributed by atoms with Crippen LogP contribution < -0.4 is 0 Å². The lowest BCUT2D eigenvalue weighted by atomic mass is 10.1. The van der Waals surface area contributed by atoms with Crippen LogP contribution in [0.25, 0.3) is 0 Å². The first-order chi connectivity index (χ1) is 3.30. The summed E-state index contributed by atoms with van der Waals surface area (Å²) in [5.41, 5.74) is 0. The fourth-order valence-electron chi connectivity index (χ4n) is 0.426. The molecular weight excluding hydrogens is 128 g/mol. The Kier molecular flexibility index (Phi) is 1.89. The van der Waals surface area contributed by atoms with Gasteiger partial charge in [-0.1, -0.05) is 0 Å². The third-order valence-corrected chi connectivity index (χ3v) is 1.93. The Morgan fingerprint density at radius 3 is 2.00 bits per heavy atom. The van der Waals surface area contributed by atoms with Crippen LogP contribution >= 0.6 is 25.3 Å². The summed E-state index contributed by atoms with van der Waals surface area (Å²) in [6.45, 7) is 1.69. The molecule has 3 heteroatoms. The van der Waals surface area contributed by atoms with Crippen molar-refractivity contribution in [3.63, 3.8) is 0 Å². The van der Waals surface area contributed by atoms with Crippen LogP contribution in [0.1, 0.15) is 0 Å². The van der Waals surface area contributed by atoms with Crippen LogP contribution in [0.4, 0.5) is 0 Å². The zero-order chi connectivity index (χ0) is 5.28. The van der Waals surface area contributed by atoms with Crippen molar-refractivity contribution < 1.29 is 4.74 Å². The first kappa shape index (κ1) is 5.79. The van der Waals surface area contributed by atoms with Crippen molar-refractivity contribution >= 4 is 25.3 Å². The van der Waals surface area contributed by atoms with E-state index in [1.165, 1.54) is 0 Å². The molecule has 0 aromatic heterocycles. The van der Waals surface area contributed by atoms with Crippen molar-refractivity contribution in [3.05, 3.63) is 0 Å². The van der Waals surface area contributed by atoms with Crippen LogP contribution in [0.15, 0.2) is 0 Å². The molecule has 0 aromatic carbocycles. The number of hydrogen-bond donors (Lipinski definition) is 2. The second-order valence-corrected chi connectivity index (χ2v) is 3.23. The van der Waals surface area contributed by atoms with Crippen LogP contribution in [0.3, 0.4) is 0 Å². The molecule has 0 bridgehead atoms. The van der Waals surface area contributed by atoms with Crippen molar-refractivity contribution in [1.29, 1.82) is 0 Å². The monoisotopic (exact) mass is 136 g/mol. The Hall–Kier alpha value is 0.660. The normalized spacial score (nSPS) is 22.7. The van der Waals surface area contributed by atoms with Gasteiger partial charge in [0, 0.05) is 5.92 Å². The zero-order valence-electron chi connectivity index (χ0n) is 3.87. The quantitative estimate of drug-likeness (QED) is 0.401. The summed E-state index contributed by atoms with van der Waals surface area (Å²) in [5.74, 6) is 0.590. The minimum atomic E-state index is 0.216. The van der Waals surface area contributed by atoms with Gasteiger partial charge in [0.05, 0.1) is 17.8 Å². The summed E-state index contributed by atoms with van der Waals surface area (Å²) >= 11 is 8.22. The number of ether oxygens (including phenoxy) is 1. The largest absolute Gasteiger partial charge is 0.381 e. The van der Waals surface area contributed by atoms with Gasteiger partial charge >= 0.3 is 0 Å². The van der Waals surface area contributed by atoms with Gasteiger partial charge in [-0.05, 0) is 0 Å². The van der Waals surface area contributed by atoms with Gasteiger partial charge in [-0.15, -0.1) is 0 Å². The van der Waals surface area contributed by atoms with E-state index in [0.29, 0.717) is 5.92 Å². The van der Waals surface area contributed by atoms with Crippen LogP contribution in [0.2, 0.25) is 0 Å². The Labute approximate surface area is 54.3 Å². The molecule has 1 fully saturated rings. The van der Waals surface area contributed by atoms with Gasteiger partial charge in [-0.3, -0.25) is 0 Å². The fraction of sp³-hybridized carbons (Fsp3) is 1.00. The predicted octanol–water partition coefficient (Wildman–Crippen LogP) is 0.818. The first-order valence-electron chi connectivity index (χ1n) is 2.24. The van der Waals surface area contributed by atoms with Crippen molar-refractivity contribution in [2.24, 2.45) is 5.92 Å². The third-order valence-electron chi connectivity index (χ3n) is 1.09. The maximum absolute atomic E-state index is 4.90. The average Bonchev–Trinajstić information content (AvgIpc) is 1.23. The van der Waals surface area contributed by atoms with Gasteiger partial charge in [0.15, 0.2) is 0 Å². The Morgan fingerprint density at radius 2 is 2.00 bits per heavy atom. The van der Waals surface area contributed by atoms with Crippen molar-refractivity contribution in [1.82, 2.24) is 0 Å². The Balaban J connectivity index is 2.14. The molecule has 0 aliphatic carbocycles. The summed E-state index contributed by atoms with van der Waals surface area (Å²) in [5, 5.41) is 0. The molecule has 42 valence electrons. The fourth-order valence-corrected chi connectivity index (χ4v) is 0.770. The maximum atomic E-state index is 4.90. The predicted molar refractivity (Wildman–Crippen MR) is 36.1 cm³/mol. The highest BCUT2D eigenvalue weighted by Crippen LogP contribution is 2.21. The molecule has 0 radical (unpaired) electrons. The summed E-state index contributed by atoms with van der Waals surface area (Å²) in [7, 11) is 0. The SMILES string of the molecule is SC(S)C1COC1. The van der Waals surface area contributed by atoms with E-state index in [4.69, 9.17) is 4.74 Å². The van der Waals surface area contributed by atoms with Crippen LogP contribution in [-0.2, 0) is 4.74 Å². The Morgan fingerprint density at radius 1 is 1.43 bits per heavy atom. The highest BCUT2D eigenvalue weighted by Gasteiger charge is 2.22. The second kappa shape index (κ2) is 2.29. The molecule has 7 heavy (non-hydrogen) atoms. The molecule has 0 aromatic rings. The van der Waals surface area contributed by atoms with Gasteiger partial charge in [0.1, 0.15) is 0 Å². The molecule has 1 heterocycles. The van der Waals surface area contributed by atoms with Crippen molar-refractivity contribution in [2.75, 3.05) is 13.2 Å². The smallest absolute Gasteiger partial charge is 0.0535 e. The van der Waals surface area contributed by atoms with Gasteiger partial charge < -0.3 is 4.74 Å². The lowest BCUT2D eigenvalue weighted by Gasteiger charge is -2.27. The molecule has 0 N–H and O–H groups in total. The number of thiol groups is 2. The van der Waals surface area contributed by atoms with E-state index in [1.54, 1.807) is 0 Å². The van der Waals surface area contributed by atoms with Gasteiger partial charge in [-0.2, -0.15) is 25.3 Å². The molecule has 1 aliphatic rings. The lowest BCUT2D eigenvalue weighted by molar-refractivity contribution is -0.0229. The van der Waals surface area contributed by atoms with E-state index >= 15 is 0 Å². The van der Waals surface area contributed by atoms with E-state index in [-0.39, 0.29) is 4.58 Å². The van der Waals surface area contributed by atoms with Crippen LogP contribution in [0.5, 0.6) is 0 Å². The van der Waals surface area contributed by atoms with Crippen LogP contribution in [0, 0.1) is 5.92 Å². The zero-order valence-corrected chi connectivity index (χ0v) is 5.66. The second-order valence-electron chi connectivity index (χ2n) is 1.71. The molecule has 1 rings (SSSR count). The highest BCUT2D eigenvalue weighted by atomic mass is 32.2. The molecule has 1 saturated heterocycles. The lowest BCUT2D eigenvalue weighted by Crippen LogP contribution is -2.32. The molecule has 0 amide bonds. The van der Waals surface area contributed by atoms with Gasteiger partial charge in [0.2, 0.25) is 0 Å². The van der Waals surface area contributed by atoms with Crippen molar-refractivity contribution in [2.45, 2.75) is 4.58 Å². The summed E-state index contributed by atoms with van der Waals surface area (Å²) in [4.78, 5) is 0. The number of hydrogen-bond acceptors (Lipinski definition) is 3. The first-order valence-corrected chi connectivity index (χ1v) is 3.28. The average molecular weight is 136 g/mol. The third kappa shape index (κ3) is 1.27. The summed E-state index contributed by atoms with van der Waals surface area (Å²) in [6.07, 6.45) is 0. The molecule has 1 aliphatic heterocycles. The molecule has 0 atom stereocenters. The van der Waals surface area contributed by atoms with E-state index in [0.717, 1.165) is 13.2 Å². The molecule has 0 unspecified atom stereocenters. The van der Waals surface area contributed by atoms with E-state index in [2.05, 4.69) is 25.3 Å². The van der Waals surface area contributed by atoms with Crippen molar-refractivity contribution in [3.8, 4) is 0 Å². The van der Waals surface area contributed by atoms with E-state index in [9.17, 15) is 0 Å². The summed E-state index contributed by atoms with van der Waals surface area (Å²) < 4.78 is 5.11. The summed E-state index contributed by atoms with van der Waals surface area (Å²) in [6, 6.07) is 0. The minimum Gasteiger partial charge on any atom is -0.381 e. The highest BCUT2D eigenvalue weighted by molar-refractivity contribution is 7.99. The Bertz CT molecular complexity index is 60.7. The minimum absolute atomic E-state index is 0.216. The number of rotatable bonds is 1. The van der Waals surface area contributed by atoms with Gasteiger partial charge in [-0.25, -0.2) is 0 Å². The van der Waals surface area contributed by atoms with Crippen LogP contribution in [-0.4, -0.2) is 17.8 Å². The molecule has 0 spiro atoms. The molecular formula is C4H8OS2. The van der Waals surface area contributed by atoms with Gasteiger partial charge in [0.25, 0.3) is 0 Å². The maximum Gasteiger partial charge on any atom is 0.0535 e.